The highest BCUT2D eigenvalue weighted by atomic mass is 16.5. The molecule has 0 radical (unpaired) electrons. The molecular weight excluding hydrogens is 226 g/mol. The van der Waals surface area contributed by atoms with Gasteiger partial charge in [0.05, 0.1) is 12.2 Å². The van der Waals surface area contributed by atoms with Gasteiger partial charge in [0.1, 0.15) is 0 Å². The first-order valence-electron chi connectivity index (χ1n) is 6.96. The summed E-state index contributed by atoms with van der Waals surface area (Å²) in [4.78, 5) is 2.48. The summed E-state index contributed by atoms with van der Waals surface area (Å²) in [5.41, 5.74) is 0.999. The van der Waals surface area contributed by atoms with E-state index in [4.69, 9.17) is 4.52 Å². The van der Waals surface area contributed by atoms with Gasteiger partial charge in [-0.15, -0.1) is 0 Å². The maximum Gasteiger partial charge on any atom is 0.151 e. The Bertz CT molecular complexity index is 375. The fourth-order valence-corrected chi connectivity index (χ4v) is 2.63. The van der Waals surface area contributed by atoms with Gasteiger partial charge in [-0.3, -0.25) is 4.90 Å². The van der Waals surface area contributed by atoms with E-state index in [1.807, 2.05) is 0 Å². The number of nitrogens with one attached hydrogen (secondary N) is 1. The molecule has 1 saturated heterocycles. The fraction of sp³-hybridized carbons (Fsp3) is 0.786. The molecule has 1 aliphatic rings. The van der Waals surface area contributed by atoms with Crippen molar-refractivity contribution in [2.45, 2.75) is 59.3 Å². The normalized spacial score (nSPS) is 25.2. The number of nitrogens with zero attached hydrogens (tertiary/aromatic N) is 2. The SMILES string of the molecule is CC1CC(C)N(Cc2cc(CNC(C)C)no2)C1. The Labute approximate surface area is 110 Å². The first-order valence-corrected chi connectivity index (χ1v) is 6.96. The molecule has 4 heteroatoms. The van der Waals surface area contributed by atoms with E-state index in [1.165, 1.54) is 13.0 Å². The fourth-order valence-electron chi connectivity index (χ4n) is 2.63. The number of hydrogen-bond acceptors (Lipinski definition) is 4. The Balaban J connectivity index is 1.86. The van der Waals surface area contributed by atoms with Crippen LogP contribution in [-0.2, 0) is 13.1 Å². The van der Waals surface area contributed by atoms with Crippen LogP contribution in [-0.4, -0.2) is 28.7 Å². The minimum Gasteiger partial charge on any atom is -0.360 e. The van der Waals surface area contributed by atoms with Gasteiger partial charge in [-0.1, -0.05) is 25.9 Å². The van der Waals surface area contributed by atoms with Gasteiger partial charge in [-0.05, 0) is 19.3 Å². The van der Waals surface area contributed by atoms with Crippen molar-refractivity contribution in [3.8, 4) is 0 Å². The van der Waals surface area contributed by atoms with Gasteiger partial charge in [0, 0.05) is 31.2 Å². The van der Waals surface area contributed by atoms with Crippen LogP contribution in [0.1, 0.15) is 45.6 Å². The Morgan fingerprint density at radius 1 is 1.50 bits per heavy atom. The first kappa shape index (κ1) is 13.6. The van der Waals surface area contributed by atoms with Crippen molar-refractivity contribution < 1.29 is 4.52 Å². The van der Waals surface area contributed by atoms with Crippen LogP contribution < -0.4 is 5.32 Å². The molecule has 4 nitrogen and oxygen atoms in total. The lowest BCUT2D eigenvalue weighted by Gasteiger charge is -2.18. The van der Waals surface area contributed by atoms with Gasteiger partial charge in [0.2, 0.25) is 0 Å². The van der Waals surface area contributed by atoms with Crippen molar-refractivity contribution in [3.63, 3.8) is 0 Å². The monoisotopic (exact) mass is 251 g/mol. The van der Waals surface area contributed by atoms with Crippen molar-refractivity contribution in [1.29, 1.82) is 0 Å². The molecule has 1 aromatic heterocycles. The molecule has 1 N–H and O–H groups in total. The molecular formula is C14H25N3O. The molecule has 0 spiro atoms. The summed E-state index contributed by atoms with van der Waals surface area (Å²) in [7, 11) is 0. The molecule has 1 aliphatic heterocycles. The van der Waals surface area contributed by atoms with Gasteiger partial charge in [0.25, 0.3) is 0 Å². The third-order valence-electron chi connectivity index (χ3n) is 3.57. The summed E-state index contributed by atoms with van der Waals surface area (Å²) in [6.07, 6.45) is 1.29. The van der Waals surface area contributed by atoms with Crippen LogP contribution in [0.25, 0.3) is 0 Å². The third kappa shape index (κ3) is 3.56. The van der Waals surface area contributed by atoms with Crippen LogP contribution in [0.5, 0.6) is 0 Å². The zero-order valence-corrected chi connectivity index (χ0v) is 11.9. The lowest BCUT2D eigenvalue weighted by molar-refractivity contribution is 0.222. The van der Waals surface area contributed by atoms with Crippen LogP contribution >= 0.6 is 0 Å². The first-order chi connectivity index (χ1) is 8.54. The summed E-state index contributed by atoms with van der Waals surface area (Å²) in [6, 6.07) is 3.21. The molecule has 0 saturated carbocycles. The van der Waals surface area contributed by atoms with Gasteiger partial charge < -0.3 is 9.84 Å². The number of rotatable bonds is 5. The molecule has 2 rings (SSSR count). The maximum absolute atomic E-state index is 5.41. The van der Waals surface area contributed by atoms with Crippen LogP contribution in [0.2, 0.25) is 0 Å². The van der Waals surface area contributed by atoms with Gasteiger partial charge in [-0.2, -0.15) is 0 Å². The molecule has 0 amide bonds. The Morgan fingerprint density at radius 2 is 2.28 bits per heavy atom. The molecule has 2 atom stereocenters. The summed E-state index contributed by atoms with van der Waals surface area (Å²) >= 11 is 0. The summed E-state index contributed by atoms with van der Waals surface area (Å²) < 4.78 is 5.41. The average Bonchev–Trinajstić information content (AvgIpc) is 2.84. The lowest BCUT2D eigenvalue weighted by Crippen LogP contribution is -2.26. The standard InChI is InChI=1S/C14H25N3O/c1-10(2)15-7-13-6-14(18-16-13)9-17-8-11(3)5-12(17)4/h6,10-12,15H,5,7-9H2,1-4H3. The van der Waals surface area contributed by atoms with Crippen LogP contribution in [0.15, 0.2) is 10.6 Å². The second kappa shape index (κ2) is 5.85. The van der Waals surface area contributed by atoms with Crippen molar-refractivity contribution in [3.05, 3.63) is 17.5 Å². The van der Waals surface area contributed by atoms with Crippen LogP contribution in [0, 0.1) is 5.92 Å². The van der Waals surface area contributed by atoms with E-state index >= 15 is 0 Å². The largest absolute Gasteiger partial charge is 0.360 e. The van der Waals surface area contributed by atoms with Crippen molar-refractivity contribution in [2.24, 2.45) is 5.92 Å². The van der Waals surface area contributed by atoms with Crippen molar-refractivity contribution in [1.82, 2.24) is 15.4 Å². The van der Waals surface area contributed by atoms with E-state index in [0.29, 0.717) is 12.1 Å². The number of hydrogen-bond donors (Lipinski definition) is 1. The van der Waals surface area contributed by atoms with Gasteiger partial charge >= 0.3 is 0 Å². The number of likely N-dealkylation sites (tertiary alicyclic amines) is 1. The van der Waals surface area contributed by atoms with Crippen molar-refractivity contribution >= 4 is 0 Å². The average molecular weight is 251 g/mol. The summed E-state index contributed by atoms with van der Waals surface area (Å²) in [5.74, 6) is 1.78. The van der Waals surface area contributed by atoms with E-state index in [0.717, 1.165) is 30.5 Å². The van der Waals surface area contributed by atoms with E-state index in [1.54, 1.807) is 0 Å². The van der Waals surface area contributed by atoms with Crippen molar-refractivity contribution in [2.75, 3.05) is 6.54 Å². The molecule has 0 aromatic carbocycles. The quantitative estimate of drug-likeness (QED) is 0.872. The lowest BCUT2D eigenvalue weighted by atomic mass is 10.1. The Morgan fingerprint density at radius 3 is 2.89 bits per heavy atom. The molecule has 102 valence electrons. The number of aromatic nitrogens is 1. The molecule has 2 heterocycles. The second-order valence-corrected chi connectivity index (χ2v) is 5.94. The van der Waals surface area contributed by atoms with E-state index in [-0.39, 0.29) is 0 Å². The van der Waals surface area contributed by atoms with Crippen LogP contribution in [0.4, 0.5) is 0 Å². The van der Waals surface area contributed by atoms with Gasteiger partial charge in [-0.25, -0.2) is 0 Å². The van der Waals surface area contributed by atoms with Crippen LogP contribution in [0.3, 0.4) is 0 Å². The Kier molecular flexibility index (Phi) is 4.40. The highest BCUT2D eigenvalue weighted by molar-refractivity contribution is 5.05. The predicted octanol–water partition coefficient (Wildman–Crippen LogP) is 2.40. The zero-order valence-electron chi connectivity index (χ0n) is 11.9. The topological polar surface area (TPSA) is 41.3 Å². The molecule has 0 aliphatic carbocycles. The van der Waals surface area contributed by atoms with E-state index < -0.39 is 0 Å². The molecule has 2 unspecified atom stereocenters. The minimum atomic E-state index is 0.476. The minimum absolute atomic E-state index is 0.476. The summed E-state index contributed by atoms with van der Waals surface area (Å²) in [6.45, 7) is 11.7. The molecule has 1 fully saturated rings. The second-order valence-electron chi connectivity index (χ2n) is 5.94. The Hall–Kier alpha value is -0.870. The van der Waals surface area contributed by atoms with E-state index in [2.05, 4.69) is 49.1 Å². The van der Waals surface area contributed by atoms with Gasteiger partial charge in [0.15, 0.2) is 5.76 Å². The molecule has 1 aromatic rings. The highest BCUT2D eigenvalue weighted by Gasteiger charge is 2.26. The molecule has 0 bridgehead atoms. The maximum atomic E-state index is 5.41. The summed E-state index contributed by atoms with van der Waals surface area (Å²) in [5, 5.41) is 7.46. The third-order valence-corrected chi connectivity index (χ3v) is 3.57. The smallest absolute Gasteiger partial charge is 0.151 e. The highest BCUT2D eigenvalue weighted by Crippen LogP contribution is 2.24. The van der Waals surface area contributed by atoms with E-state index in [9.17, 15) is 0 Å². The zero-order chi connectivity index (χ0) is 13.1. The molecule has 18 heavy (non-hydrogen) atoms. The predicted molar refractivity (Wildman–Crippen MR) is 72.1 cm³/mol.